The largest absolute Gasteiger partial charge is 0.491 e. The predicted octanol–water partition coefficient (Wildman–Crippen LogP) is 3.40. The van der Waals surface area contributed by atoms with Gasteiger partial charge in [-0.1, -0.05) is 19.1 Å². The first kappa shape index (κ1) is 45.1. The van der Waals surface area contributed by atoms with Gasteiger partial charge in [0.25, 0.3) is 11.8 Å². The number of hydrogen-bond donors (Lipinski definition) is 5. The van der Waals surface area contributed by atoms with Crippen LogP contribution in [0.4, 0.5) is 5.95 Å². The molecule has 5 heterocycles. The minimum atomic E-state index is -0.695. The smallest absolute Gasteiger partial charge is 0.295 e. The molecule has 330 valence electrons. The molecule has 0 unspecified atom stereocenters. The Morgan fingerprint density at radius 2 is 1.76 bits per heavy atom. The van der Waals surface area contributed by atoms with Crippen LogP contribution < -0.4 is 32.6 Å². The summed E-state index contributed by atoms with van der Waals surface area (Å²) in [6.45, 7) is 9.28. The Morgan fingerprint density at radius 1 is 1.00 bits per heavy atom. The van der Waals surface area contributed by atoms with Gasteiger partial charge in [-0.2, -0.15) is 0 Å². The number of nitrogens with zero attached hydrogens (tertiary/aromatic N) is 9. The molecule has 0 spiro atoms. The van der Waals surface area contributed by atoms with Gasteiger partial charge in [0.2, 0.25) is 23.5 Å². The third-order valence-electron chi connectivity index (χ3n) is 9.93. The van der Waals surface area contributed by atoms with E-state index in [4.69, 9.17) is 36.3 Å². The average molecular weight is 861 g/mol. The maximum absolute atomic E-state index is 13.7. The average Bonchev–Trinajstić information content (AvgIpc) is 3.92. The summed E-state index contributed by atoms with van der Waals surface area (Å²) < 4.78 is 15.7. The second kappa shape index (κ2) is 19.9. The molecule has 0 aliphatic carbocycles. The van der Waals surface area contributed by atoms with E-state index in [1.54, 1.807) is 61.8 Å². The van der Waals surface area contributed by atoms with Crippen LogP contribution in [0.25, 0.3) is 33.1 Å². The zero-order chi connectivity index (χ0) is 45.4. The monoisotopic (exact) mass is 860 g/mol. The van der Waals surface area contributed by atoms with E-state index < -0.39 is 17.7 Å². The minimum Gasteiger partial charge on any atom is -0.491 e. The van der Waals surface area contributed by atoms with Crippen molar-refractivity contribution in [1.82, 2.24) is 44.3 Å². The molecule has 0 saturated carbocycles. The van der Waals surface area contributed by atoms with Crippen molar-refractivity contribution in [1.29, 1.82) is 0 Å². The second-order valence-corrected chi connectivity index (χ2v) is 14.6. The van der Waals surface area contributed by atoms with E-state index >= 15 is 0 Å². The number of carbonyl (C=O) groups is 4. The number of ether oxygens (including phenoxy) is 1. The van der Waals surface area contributed by atoms with Gasteiger partial charge >= 0.3 is 0 Å². The first-order chi connectivity index (χ1) is 30.2. The standard InChI is InChI=1S/C43H52N14O6/c1-7-28-37(63-25(4)50-28)42(61)54-43-52-30-21-26(38(45)59)22-33(62-19-11-16-55(6)34(58)14-15-47-5)36(30)57(43)18-10-9-17-56-32-13-12-29(39(46)60)51-35(32)27-23-49-40(53-41(27)56)31(48-8-2)20-24(3)44/h9-10,12-13,20-23,47H,7-8,11,14-19,44H2,1-6H3,(H2,45,59)(H2,46,60)(H,52,54,61)/b10-9+,24-20-,48-31?. The van der Waals surface area contributed by atoms with Crippen molar-refractivity contribution in [2.75, 3.05) is 45.7 Å². The van der Waals surface area contributed by atoms with Crippen LogP contribution in [-0.4, -0.2) is 109 Å². The molecule has 0 aliphatic rings. The van der Waals surface area contributed by atoms with E-state index in [1.807, 2.05) is 30.6 Å². The number of aromatic nitrogens is 7. The molecule has 0 saturated heterocycles. The molecule has 5 aromatic heterocycles. The highest BCUT2D eigenvalue weighted by atomic mass is 16.5. The fourth-order valence-corrected chi connectivity index (χ4v) is 6.93. The number of primary amides is 2. The van der Waals surface area contributed by atoms with Crippen LogP contribution in [0.1, 0.15) is 82.4 Å². The number of carbonyl (C=O) groups excluding carboxylic acids is 4. The van der Waals surface area contributed by atoms with Crippen LogP contribution in [0, 0.1) is 6.92 Å². The highest BCUT2D eigenvalue weighted by molar-refractivity contribution is 6.10. The van der Waals surface area contributed by atoms with Gasteiger partial charge in [0.05, 0.1) is 28.7 Å². The number of nitrogens with two attached hydrogens (primary N) is 3. The molecule has 20 heteroatoms. The number of nitrogens with one attached hydrogen (secondary N) is 2. The first-order valence-corrected chi connectivity index (χ1v) is 20.5. The molecule has 63 heavy (non-hydrogen) atoms. The fraction of sp³-hybridized carbons (Fsp3) is 0.349. The summed E-state index contributed by atoms with van der Waals surface area (Å²) in [5, 5.41) is 6.45. The summed E-state index contributed by atoms with van der Waals surface area (Å²) >= 11 is 0. The number of aliphatic imine (C=N–C) groups is 1. The fourth-order valence-electron chi connectivity index (χ4n) is 6.93. The molecule has 0 bridgehead atoms. The highest BCUT2D eigenvalue weighted by Gasteiger charge is 2.24. The van der Waals surface area contributed by atoms with Crippen molar-refractivity contribution in [2.45, 2.75) is 60.0 Å². The maximum Gasteiger partial charge on any atom is 0.295 e. The maximum atomic E-state index is 13.7. The number of fused-ring (bicyclic) bond motifs is 4. The Bertz CT molecular complexity index is 2790. The SMILES string of the molecule is CCN=C(/C=C(/C)N)c1ncc2c3nc(C(N)=O)ccc3n(C/C=C/Cn3c(NC(=O)c4oc(C)nc4CC)nc4cc(C(N)=O)cc(OCCCN(C)C(=O)CCNC)c43)c2n1. The molecule has 6 rings (SSSR count). The molecule has 0 atom stereocenters. The molecule has 8 N–H and O–H groups in total. The van der Waals surface area contributed by atoms with Crippen molar-refractivity contribution in [3.63, 3.8) is 0 Å². The van der Waals surface area contributed by atoms with Crippen LogP contribution in [0.15, 0.2) is 63.8 Å². The molecule has 20 nitrogen and oxygen atoms in total. The van der Waals surface area contributed by atoms with Crippen LogP contribution in [0.3, 0.4) is 0 Å². The van der Waals surface area contributed by atoms with Crippen LogP contribution in [0.2, 0.25) is 0 Å². The summed E-state index contributed by atoms with van der Waals surface area (Å²) in [6.07, 6.45) is 8.43. The van der Waals surface area contributed by atoms with Crippen molar-refractivity contribution in [2.24, 2.45) is 22.2 Å². The Morgan fingerprint density at radius 3 is 2.44 bits per heavy atom. The molecule has 1 aromatic carbocycles. The highest BCUT2D eigenvalue weighted by Crippen LogP contribution is 2.32. The topological polar surface area (TPSA) is 283 Å². The van der Waals surface area contributed by atoms with Gasteiger partial charge in [0, 0.05) is 70.6 Å². The van der Waals surface area contributed by atoms with Crippen molar-refractivity contribution in [3.8, 4) is 5.75 Å². The van der Waals surface area contributed by atoms with Crippen LogP contribution in [0.5, 0.6) is 5.75 Å². The number of pyridine rings is 1. The van der Waals surface area contributed by atoms with Crippen molar-refractivity contribution >= 4 is 68.4 Å². The minimum absolute atomic E-state index is 0.00437. The number of hydrogen-bond acceptors (Lipinski definition) is 14. The third-order valence-corrected chi connectivity index (χ3v) is 9.93. The summed E-state index contributed by atoms with van der Waals surface area (Å²) in [4.78, 5) is 80.2. The van der Waals surface area contributed by atoms with Gasteiger partial charge in [0.1, 0.15) is 33.8 Å². The number of imidazole rings is 1. The number of anilines is 1. The Kier molecular flexibility index (Phi) is 14.3. The quantitative estimate of drug-likeness (QED) is 0.0419. The van der Waals surface area contributed by atoms with Gasteiger partial charge in [-0.3, -0.25) is 29.5 Å². The van der Waals surface area contributed by atoms with Gasteiger partial charge < -0.3 is 45.7 Å². The summed E-state index contributed by atoms with van der Waals surface area (Å²) in [5.41, 5.74) is 21.6. The Labute approximate surface area is 362 Å². The Balaban J connectivity index is 1.40. The van der Waals surface area contributed by atoms with E-state index in [0.717, 1.165) is 0 Å². The van der Waals surface area contributed by atoms with E-state index in [0.29, 0.717) is 107 Å². The van der Waals surface area contributed by atoms with E-state index in [9.17, 15) is 19.2 Å². The van der Waals surface area contributed by atoms with E-state index in [2.05, 4.69) is 30.6 Å². The van der Waals surface area contributed by atoms with Gasteiger partial charge in [0.15, 0.2) is 11.7 Å². The number of amides is 4. The lowest BCUT2D eigenvalue weighted by atomic mass is 10.1. The number of benzene rings is 1. The third kappa shape index (κ3) is 10.2. The number of oxazole rings is 1. The van der Waals surface area contributed by atoms with E-state index in [1.165, 1.54) is 12.1 Å². The van der Waals surface area contributed by atoms with E-state index in [-0.39, 0.29) is 48.6 Å². The molecular formula is C43H52N14O6. The second-order valence-electron chi connectivity index (χ2n) is 14.6. The van der Waals surface area contributed by atoms with Gasteiger partial charge in [-0.25, -0.2) is 24.9 Å². The number of aryl methyl sites for hydroxylation is 2. The summed E-state index contributed by atoms with van der Waals surface area (Å²) in [6, 6.07) is 6.38. The van der Waals surface area contributed by atoms with Crippen molar-refractivity contribution in [3.05, 3.63) is 88.8 Å². The zero-order valence-electron chi connectivity index (χ0n) is 36.2. The first-order valence-electron chi connectivity index (χ1n) is 20.5. The normalized spacial score (nSPS) is 12.2. The van der Waals surface area contributed by atoms with Crippen LogP contribution >= 0.6 is 0 Å². The predicted molar refractivity (Wildman–Crippen MR) is 239 cm³/mol. The molecule has 0 aliphatic heterocycles. The zero-order valence-corrected chi connectivity index (χ0v) is 36.2. The molecule has 0 fully saturated rings. The number of rotatable bonds is 20. The molecule has 6 aromatic rings. The van der Waals surface area contributed by atoms with Crippen LogP contribution in [-0.2, 0) is 24.3 Å². The van der Waals surface area contributed by atoms with Crippen molar-refractivity contribution < 1.29 is 28.3 Å². The van der Waals surface area contributed by atoms with Gasteiger partial charge in [-0.15, -0.1) is 0 Å². The van der Waals surface area contributed by atoms with Gasteiger partial charge in [-0.05, 0) is 64.1 Å². The lowest BCUT2D eigenvalue weighted by Gasteiger charge is -2.17. The molecular weight excluding hydrogens is 809 g/mol. The summed E-state index contributed by atoms with van der Waals surface area (Å²) in [7, 11) is 3.52. The molecule has 0 radical (unpaired) electrons. The summed E-state index contributed by atoms with van der Waals surface area (Å²) in [5.74, 6) is -0.757. The lowest BCUT2D eigenvalue weighted by Crippen LogP contribution is -2.30. The number of allylic oxidation sites excluding steroid dienone is 4. The Hall–Kier alpha value is -7.48. The molecule has 4 amide bonds. The lowest BCUT2D eigenvalue weighted by molar-refractivity contribution is -0.129.